The summed E-state index contributed by atoms with van der Waals surface area (Å²) >= 11 is 0. The SMILES string of the molecule is CCc1ccc(CC)c(C(=O)COC(=O)c2ccc(OC)c(S(=O)(=O)NC(C)C)c2)c1. The Morgan fingerprint density at radius 2 is 1.74 bits per heavy atom. The second kappa shape index (κ2) is 10.5. The van der Waals surface area contributed by atoms with Gasteiger partial charge in [-0.3, -0.25) is 4.79 Å². The van der Waals surface area contributed by atoms with Gasteiger partial charge in [-0.2, -0.15) is 0 Å². The first-order valence-electron chi connectivity index (χ1n) is 10.1. The molecule has 0 heterocycles. The second-order valence-electron chi connectivity index (χ2n) is 7.34. The Morgan fingerprint density at radius 1 is 1.03 bits per heavy atom. The summed E-state index contributed by atoms with van der Waals surface area (Å²) in [5.41, 5.74) is 2.45. The van der Waals surface area contributed by atoms with Gasteiger partial charge < -0.3 is 9.47 Å². The van der Waals surface area contributed by atoms with Gasteiger partial charge in [0.15, 0.2) is 6.61 Å². The Hall–Kier alpha value is -2.71. The van der Waals surface area contributed by atoms with Gasteiger partial charge in [-0.25, -0.2) is 17.9 Å². The molecule has 0 spiro atoms. The maximum atomic E-state index is 12.7. The van der Waals surface area contributed by atoms with E-state index in [0.717, 1.165) is 17.5 Å². The molecule has 0 fully saturated rings. The molecule has 0 saturated carbocycles. The molecule has 2 aromatic rings. The Labute approximate surface area is 183 Å². The maximum absolute atomic E-state index is 12.7. The number of ether oxygens (including phenoxy) is 2. The van der Waals surface area contributed by atoms with Crippen molar-refractivity contribution in [3.05, 3.63) is 58.7 Å². The van der Waals surface area contributed by atoms with Gasteiger partial charge in [-0.05, 0) is 62.1 Å². The zero-order valence-corrected chi connectivity index (χ0v) is 19.3. The number of carbonyl (C=O) groups is 2. The molecule has 0 aliphatic heterocycles. The lowest BCUT2D eigenvalue weighted by Gasteiger charge is -2.14. The summed E-state index contributed by atoms with van der Waals surface area (Å²) in [5.74, 6) is -0.991. The van der Waals surface area contributed by atoms with Gasteiger partial charge >= 0.3 is 5.97 Å². The normalized spacial score (nSPS) is 11.4. The van der Waals surface area contributed by atoms with Crippen LogP contribution < -0.4 is 9.46 Å². The number of methoxy groups -OCH3 is 1. The van der Waals surface area contributed by atoms with Crippen LogP contribution in [0.1, 0.15) is 59.5 Å². The molecule has 2 aromatic carbocycles. The quantitative estimate of drug-likeness (QED) is 0.442. The largest absolute Gasteiger partial charge is 0.495 e. The summed E-state index contributed by atoms with van der Waals surface area (Å²) in [6.07, 6.45) is 1.47. The van der Waals surface area contributed by atoms with E-state index in [-0.39, 0.29) is 28.0 Å². The highest BCUT2D eigenvalue weighted by Gasteiger charge is 2.23. The topological polar surface area (TPSA) is 98.8 Å². The van der Waals surface area contributed by atoms with E-state index < -0.39 is 22.6 Å². The van der Waals surface area contributed by atoms with E-state index >= 15 is 0 Å². The van der Waals surface area contributed by atoms with Crippen LogP contribution in [0, 0.1) is 0 Å². The van der Waals surface area contributed by atoms with E-state index in [2.05, 4.69) is 4.72 Å². The molecular formula is C23H29NO6S. The number of sulfonamides is 1. The van der Waals surface area contributed by atoms with E-state index in [1.54, 1.807) is 13.8 Å². The molecule has 168 valence electrons. The molecular weight excluding hydrogens is 418 g/mol. The van der Waals surface area contributed by atoms with Crippen molar-refractivity contribution in [2.24, 2.45) is 0 Å². The van der Waals surface area contributed by atoms with E-state index in [1.165, 1.54) is 25.3 Å². The number of nitrogens with one attached hydrogen (secondary N) is 1. The molecule has 0 bridgehead atoms. The minimum atomic E-state index is -3.90. The van der Waals surface area contributed by atoms with Crippen LogP contribution in [0.3, 0.4) is 0 Å². The molecule has 0 atom stereocenters. The van der Waals surface area contributed by atoms with Crippen LogP contribution in [0.4, 0.5) is 0 Å². The number of ketones is 1. The van der Waals surface area contributed by atoms with E-state index in [0.29, 0.717) is 12.0 Å². The molecule has 0 amide bonds. The molecule has 0 radical (unpaired) electrons. The summed E-state index contributed by atoms with van der Waals surface area (Å²) in [4.78, 5) is 25.0. The van der Waals surface area contributed by atoms with Gasteiger partial charge in [0.1, 0.15) is 10.6 Å². The number of Topliss-reactive ketones (excluding diaryl/α,β-unsaturated/α-hetero) is 1. The number of benzene rings is 2. The van der Waals surface area contributed by atoms with E-state index in [9.17, 15) is 18.0 Å². The van der Waals surface area contributed by atoms with Crippen molar-refractivity contribution >= 4 is 21.8 Å². The number of hydrogen-bond acceptors (Lipinski definition) is 6. The number of aryl methyl sites for hydroxylation is 2. The third-order valence-corrected chi connectivity index (χ3v) is 6.36. The second-order valence-corrected chi connectivity index (χ2v) is 9.02. The highest BCUT2D eigenvalue weighted by molar-refractivity contribution is 7.89. The molecule has 0 saturated heterocycles. The molecule has 0 aromatic heterocycles. The van der Waals surface area contributed by atoms with Crippen LogP contribution >= 0.6 is 0 Å². The van der Waals surface area contributed by atoms with Crippen LogP contribution in [-0.4, -0.2) is 39.9 Å². The van der Waals surface area contributed by atoms with E-state index in [4.69, 9.17) is 9.47 Å². The first kappa shape index (κ1) is 24.6. The van der Waals surface area contributed by atoms with Crippen LogP contribution in [0.5, 0.6) is 5.75 Å². The maximum Gasteiger partial charge on any atom is 0.338 e. The highest BCUT2D eigenvalue weighted by atomic mass is 32.2. The van der Waals surface area contributed by atoms with Gasteiger partial charge in [0.2, 0.25) is 15.8 Å². The Kier molecular flexibility index (Phi) is 8.36. The smallest absolute Gasteiger partial charge is 0.338 e. The number of hydrogen-bond donors (Lipinski definition) is 1. The summed E-state index contributed by atoms with van der Waals surface area (Å²) in [7, 11) is -2.56. The van der Waals surface area contributed by atoms with Gasteiger partial charge in [-0.15, -0.1) is 0 Å². The Morgan fingerprint density at radius 3 is 2.32 bits per heavy atom. The third-order valence-electron chi connectivity index (χ3n) is 4.68. The number of rotatable bonds is 10. The van der Waals surface area contributed by atoms with Crippen LogP contribution in [0.2, 0.25) is 0 Å². The molecule has 0 unspecified atom stereocenters. The van der Waals surface area contributed by atoms with Gasteiger partial charge in [0.25, 0.3) is 0 Å². The van der Waals surface area contributed by atoms with Crippen molar-refractivity contribution in [2.45, 2.75) is 51.5 Å². The average molecular weight is 448 g/mol. The zero-order valence-electron chi connectivity index (χ0n) is 18.5. The minimum Gasteiger partial charge on any atom is -0.495 e. The predicted octanol–water partition coefficient (Wildman–Crippen LogP) is 3.55. The molecule has 1 N–H and O–H groups in total. The van der Waals surface area contributed by atoms with Gasteiger partial charge in [0.05, 0.1) is 12.7 Å². The predicted molar refractivity (Wildman–Crippen MR) is 118 cm³/mol. The summed E-state index contributed by atoms with van der Waals surface area (Å²) < 4.78 is 37.9. The van der Waals surface area contributed by atoms with Gasteiger partial charge in [0, 0.05) is 11.6 Å². The molecule has 7 nitrogen and oxygen atoms in total. The van der Waals surface area contributed by atoms with Crippen molar-refractivity contribution in [1.29, 1.82) is 0 Å². The molecule has 8 heteroatoms. The Bertz CT molecular complexity index is 1060. The van der Waals surface area contributed by atoms with Crippen molar-refractivity contribution in [3.63, 3.8) is 0 Å². The third kappa shape index (κ3) is 6.15. The summed E-state index contributed by atoms with van der Waals surface area (Å²) in [6, 6.07) is 9.34. The monoisotopic (exact) mass is 447 g/mol. The van der Waals surface area contributed by atoms with Crippen LogP contribution in [0.25, 0.3) is 0 Å². The molecule has 31 heavy (non-hydrogen) atoms. The zero-order chi connectivity index (χ0) is 23.2. The summed E-state index contributed by atoms with van der Waals surface area (Å²) in [6.45, 7) is 6.89. The van der Waals surface area contributed by atoms with Crippen LogP contribution in [-0.2, 0) is 27.6 Å². The highest BCUT2D eigenvalue weighted by Crippen LogP contribution is 2.25. The number of carbonyl (C=O) groups excluding carboxylic acids is 2. The molecule has 0 aliphatic carbocycles. The van der Waals surface area contributed by atoms with Crippen molar-refractivity contribution in [1.82, 2.24) is 4.72 Å². The summed E-state index contributed by atoms with van der Waals surface area (Å²) in [5, 5.41) is 0. The first-order chi connectivity index (χ1) is 14.6. The standard InChI is InChI=1S/C23H29NO6S/c1-6-16-8-9-17(7-2)19(12-16)20(25)14-30-23(26)18-10-11-21(29-5)22(13-18)31(27,28)24-15(3)4/h8-13,15,24H,6-7,14H2,1-5H3. The first-order valence-corrected chi connectivity index (χ1v) is 11.6. The fraction of sp³-hybridized carbons (Fsp3) is 0.391. The van der Waals surface area contributed by atoms with Crippen LogP contribution in [0.15, 0.2) is 41.3 Å². The lowest BCUT2D eigenvalue weighted by Crippen LogP contribution is -2.30. The number of esters is 1. The molecule has 2 rings (SSSR count). The fourth-order valence-corrected chi connectivity index (χ4v) is 4.54. The van der Waals surface area contributed by atoms with Crippen molar-refractivity contribution in [3.8, 4) is 5.75 Å². The van der Waals surface area contributed by atoms with E-state index in [1.807, 2.05) is 32.0 Å². The van der Waals surface area contributed by atoms with Gasteiger partial charge in [-0.1, -0.05) is 26.0 Å². The van der Waals surface area contributed by atoms with Crippen molar-refractivity contribution < 1.29 is 27.5 Å². The average Bonchev–Trinajstić information content (AvgIpc) is 2.75. The molecule has 0 aliphatic rings. The lowest BCUT2D eigenvalue weighted by molar-refractivity contribution is 0.0474. The lowest BCUT2D eigenvalue weighted by atomic mass is 9.98. The fourth-order valence-electron chi connectivity index (χ4n) is 3.09. The minimum absolute atomic E-state index is 0.00996. The van der Waals surface area contributed by atoms with Crippen molar-refractivity contribution in [2.75, 3.05) is 13.7 Å². The Balaban J connectivity index is 2.23.